The summed E-state index contributed by atoms with van der Waals surface area (Å²) >= 11 is 6.72. The molecule has 1 aromatic carbocycles. The second-order valence-corrected chi connectivity index (χ2v) is 7.29. The standard InChI is InChI=1S/C14H12BrN3S2.BrH/c1-8-13(20-9(2)16-8)12-7-19-14(18-12)17-11-5-3-10(15)4-6-11;/h3-7H,1-2H3,(H,17,18);1H. The summed E-state index contributed by atoms with van der Waals surface area (Å²) in [7, 11) is 0. The van der Waals surface area contributed by atoms with Gasteiger partial charge >= 0.3 is 0 Å². The van der Waals surface area contributed by atoms with Gasteiger partial charge in [0.1, 0.15) is 0 Å². The number of rotatable bonds is 3. The van der Waals surface area contributed by atoms with Crippen LogP contribution < -0.4 is 5.32 Å². The Labute approximate surface area is 150 Å². The normalized spacial score (nSPS) is 10.2. The molecule has 3 rings (SSSR count). The molecule has 1 N–H and O–H groups in total. The number of nitrogens with one attached hydrogen (secondary N) is 1. The molecular formula is C14H13Br2N3S2. The molecule has 2 heterocycles. The summed E-state index contributed by atoms with van der Waals surface area (Å²) in [6.07, 6.45) is 0. The van der Waals surface area contributed by atoms with Crippen LogP contribution in [0.1, 0.15) is 10.7 Å². The van der Waals surface area contributed by atoms with Crippen LogP contribution in [0.4, 0.5) is 10.8 Å². The number of hydrogen-bond donors (Lipinski definition) is 1. The summed E-state index contributed by atoms with van der Waals surface area (Å²) in [6, 6.07) is 8.06. The quantitative estimate of drug-likeness (QED) is 0.538. The van der Waals surface area contributed by atoms with Crippen molar-refractivity contribution >= 4 is 66.4 Å². The highest BCUT2D eigenvalue weighted by Crippen LogP contribution is 2.33. The van der Waals surface area contributed by atoms with Crippen LogP contribution in [0.2, 0.25) is 0 Å². The van der Waals surface area contributed by atoms with E-state index in [9.17, 15) is 0 Å². The molecule has 0 saturated carbocycles. The van der Waals surface area contributed by atoms with E-state index >= 15 is 0 Å². The second-order valence-electron chi connectivity index (χ2n) is 4.32. The molecule has 7 heteroatoms. The largest absolute Gasteiger partial charge is 0.332 e. The Morgan fingerprint density at radius 3 is 2.43 bits per heavy atom. The van der Waals surface area contributed by atoms with Crippen molar-refractivity contribution in [3.8, 4) is 10.6 Å². The number of benzene rings is 1. The van der Waals surface area contributed by atoms with Gasteiger partial charge in [0.25, 0.3) is 0 Å². The first-order valence-corrected chi connectivity index (χ1v) is 8.53. The van der Waals surface area contributed by atoms with E-state index in [2.05, 4.69) is 36.6 Å². The Morgan fingerprint density at radius 1 is 1.10 bits per heavy atom. The molecule has 0 aliphatic carbocycles. The predicted octanol–water partition coefficient (Wildman–Crippen LogP) is 5.97. The highest BCUT2D eigenvalue weighted by atomic mass is 79.9. The third kappa shape index (κ3) is 3.91. The molecule has 0 radical (unpaired) electrons. The van der Waals surface area contributed by atoms with Gasteiger partial charge in [0.05, 0.1) is 21.3 Å². The molecule has 21 heavy (non-hydrogen) atoms. The second kappa shape index (κ2) is 7.00. The summed E-state index contributed by atoms with van der Waals surface area (Å²) in [5.41, 5.74) is 3.08. The summed E-state index contributed by atoms with van der Waals surface area (Å²) in [4.78, 5) is 10.2. The van der Waals surface area contributed by atoms with Crippen molar-refractivity contribution in [2.75, 3.05) is 5.32 Å². The molecule has 3 aromatic rings. The highest BCUT2D eigenvalue weighted by molar-refractivity contribution is 9.10. The van der Waals surface area contributed by atoms with Crippen LogP contribution in [0.15, 0.2) is 34.1 Å². The third-order valence-electron chi connectivity index (χ3n) is 2.74. The summed E-state index contributed by atoms with van der Waals surface area (Å²) in [5, 5.41) is 7.36. The van der Waals surface area contributed by atoms with Gasteiger partial charge in [-0.2, -0.15) is 0 Å². The van der Waals surface area contributed by atoms with Crippen molar-refractivity contribution in [1.82, 2.24) is 9.97 Å². The molecule has 0 bridgehead atoms. The van der Waals surface area contributed by atoms with Crippen molar-refractivity contribution < 1.29 is 0 Å². The lowest BCUT2D eigenvalue weighted by Gasteiger charge is -2.01. The van der Waals surface area contributed by atoms with Crippen LogP contribution in [0.3, 0.4) is 0 Å². The maximum absolute atomic E-state index is 4.64. The number of hydrogen-bond acceptors (Lipinski definition) is 5. The summed E-state index contributed by atoms with van der Waals surface area (Å²) in [6.45, 7) is 4.05. The van der Waals surface area contributed by atoms with E-state index in [4.69, 9.17) is 0 Å². The van der Waals surface area contributed by atoms with Crippen LogP contribution in [0.25, 0.3) is 10.6 Å². The molecule has 2 aromatic heterocycles. The Balaban J connectivity index is 0.00000161. The van der Waals surface area contributed by atoms with Gasteiger partial charge in [-0.05, 0) is 38.1 Å². The monoisotopic (exact) mass is 445 g/mol. The van der Waals surface area contributed by atoms with Crippen molar-refractivity contribution in [2.24, 2.45) is 0 Å². The molecule has 3 nitrogen and oxygen atoms in total. The number of anilines is 2. The highest BCUT2D eigenvalue weighted by Gasteiger charge is 2.11. The number of halogens is 2. The van der Waals surface area contributed by atoms with Gasteiger partial charge in [0.2, 0.25) is 0 Å². The Bertz CT molecular complexity index is 735. The number of aryl methyl sites for hydroxylation is 2. The maximum Gasteiger partial charge on any atom is 0.187 e. The minimum atomic E-state index is 0. The Hall–Kier alpha value is -0.760. The lowest BCUT2D eigenvalue weighted by Crippen LogP contribution is -1.89. The average Bonchev–Trinajstić information content (AvgIpc) is 2.99. The first kappa shape index (κ1) is 16.6. The lowest BCUT2D eigenvalue weighted by molar-refractivity contribution is 1.20. The van der Waals surface area contributed by atoms with Gasteiger partial charge in [0, 0.05) is 15.5 Å². The van der Waals surface area contributed by atoms with Gasteiger partial charge in [-0.1, -0.05) is 15.9 Å². The predicted molar refractivity (Wildman–Crippen MR) is 100 cm³/mol. The molecule has 0 aliphatic heterocycles. The molecule has 0 fully saturated rings. The van der Waals surface area contributed by atoms with Gasteiger partial charge < -0.3 is 5.32 Å². The van der Waals surface area contributed by atoms with E-state index in [0.29, 0.717) is 0 Å². The van der Waals surface area contributed by atoms with E-state index < -0.39 is 0 Å². The molecule has 0 unspecified atom stereocenters. The summed E-state index contributed by atoms with van der Waals surface area (Å²) < 4.78 is 1.07. The maximum atomic E-state index is 4.64. The molecular weight excluding hydrogens is 434 g/mol. The fourth-order valence-electron chi connectivity index (χ4n) is 1.86. The van der Waals surface area contributed by atoms with Crippen LogP contribution in [0.5, 0.6) is 0 Å². The molecule has 0 atom stereocenters. The van der Waals surface area contributed by atoms with Crippen LogP contribution in [0, 0.1) is 13.8 Å². The molecule has 0 spiro atoms. The minimum absolute atomic E-state index is 0. The van der Waals surface area contributed by atoms with E-state index in [1.54, 1.807) is 22.7 Å². The van der Waals surface area contributed by atoms with Crippen LogP contribution >= 0.6 is 55.6 Å². The van der Waals surface area contributed by atoms with Gasteiger partial charge in [-0.3, -0.25) is 0 Å². The van der Waals surface area contributed by atoms with Gasteiger partial charge in [0.15, 0.2) is 5.13 Å². The first-order chi connectivity index (χ1) is 9.61. The summed E-state index contributed by atoms with van der Waals surface area (Å²) in [5.74, 6) is 0. The molecule has 0 amide bonds. The fraction of sp³-hybridized carbons (Fsp3) is 0.143. The van der Waals surface area contributed by atoms with Crippen molar-refractivity contribution in [1.29, 1.82) is 0 Å². The van der Waals surface area contributed by atoms with Crippen molar-refractivity contribution in [3.05, 3.63) is 44.8 Å². The van der Waals surface area contributed by atoms with Crippen molar-refractivity contribution in [3.63, 3.8) is 0 Å². The first-order valence-electron chi connectivity index (χ1n) is 6.04. The van der Waals surface area contributed by atoms with E-state index in [0.717, 1.165) is 36.6 Å². The van der Waals surface area contributed by atoms with Crippen LogP contribution in [-0.2, 0) is 0 Å². The fourth-order valence-corrected chi connectivity index (χ4v) is 3.80. The van der Waals surface area contributed by atoms with Crippen LogP contribution in [-0.4, -0.2) is 9.97 Å². The smallest absolute Gasteiger partial charge is 0.187 e. The van der Waals surface area contributed by atoms with E-state index in [1.165, 1.54) is 0 Å². The number of nitrogens with zero attached hydrogens (tertiary/aromatic N) is 2. The molecule has 0 saturated heterocycles. The number of aromatic nitrogens is 2. The van der Waals surface area contributed by atoms with E-state index in [-0.39, 0.29) is 17.0 Å². The molecule has 110 valence electrons. The van der Waals surface area contributed by atoms with Gasteiger partial charge in [-0.25, -0.2) is 9.97 Å². The Kier molecular flexibility index (Phi) is 5.54. The topological polar surface area (TPSA) is 37.8 Å². The zero-order valence-electron chi connectivity index (χ0n) is 11.4. The Morgan fingerprint density at radius 2 is 1.81 bits per heavy atom. The third-order valence-corrected chi connectivity index (χ3v) is 5.12. The zero-order valence-corrected chi connectivity index (χ0v) is 16.3. The number of thiazole rings is 2. The van der Waals surface area contributed by atoms with E-state index in [1.807, 2.05) is 38.1 Å². The lowest BCUT2D eigenvalue weighted by atomic mass is 10.3. The van der Waals surface area contributed by atoms with Crippen molar-refractivity contribution in [2.45, 2.75) is 13.8 Å². The zero-order chi connectivity index (χ0) is 14.1. The SMILES string of the molecule is Br.Cc1nc(C)c(-c2csc(Nc3ccc(Br)cc3)n2)s1. The van der Waals surface area contributed by atoms with Gasteiger partial charge in [-0.15, -0.1) is 39.7 Å². The molecule has 0 aliphatic rings. The minimum Gasteiger partial charge on any atom is -0.332 e. The average molecular weight is 447 g/mol.